The molecule has 1 atom stereocenters. The maximum absolute atomic E-state index is 5.49. The predicted molar refractivity (Wildman–Crippen MR) is 96.0 cm³/mol. The van der Waals surface area contributed by atoms with Crippen LogP contribution in [0.4, 0.5) is 0 Å². The van der Waals surface area contributed by atoms with Gasteiger partial charge in [-0.25, -0.2) is 4.98 Å². The number of imidazole rings is 1. The van der Waals surface area contributed by atoms with Gasteiger partial charge in [0.25, 0.3) is 0 Å². The zero-order valence-corrected chi connectivity index (χ0v) is 14.1. The van der Waals surface area contributed by atoms with Crippen molar-refractivity contribution in [2.24, 2.45) is 0 Å². The van der Waals surface area contributed by atoms with Gasteiger partial charge in [0, 0.05) is 30.5 Å². The van der Waals surface area contributed by atoms with E-state index in [0.717, 1.165) is 24.4 Å². The Labute approximate surface area is 143 Å². The molecule has 0 aliphatic carbocycles. The summed E-state index contributed by atoms with van der Waals surface area (Å²) in [5.41, 5.74) is 3.69. The van der Waals surface area contributed by atoms with Crippen molar-refractivity contribution in [1.29, 1.82) is 0 Å². The van der Waals surface area contributed by atoms with Crippen LogP contribution in [0.3, 0.4) is 0 Å². The van der Waals surface area contributed by atoms with E-state index in [1.807, 2.05) is 29.2 Å². The number of benzene rings is 2. The molecule has 2 aromatic carbocycles. The summed E-state index contributed by atoms with van der Waals surface area (Å²) in [4.78, 5) is 4.10. The van der Waals surface area contributed by atoms with Crippen molar-refractivity contribution < 1.29 is 4.74 Å². The fourth-order valence-electron chi connectivity index (χ4n) is 2.77. The van der Waals surface area contributed by atoms with Crippen molar-refractivity contribution in [3.63, 3.8) is 0 Å². The summed E-state index contributed by atoms with van der Waals surface area (Å²) in [5.74, 6) is 0.906. The molecule has 0 saturated heterocycles. The quantitative estimate of drug-likeness (QED) is 0.719. The molecule has 0 amide bonds. The summed E-state index contributed by atoms with van der Waals surface area (Å²) in [5, 5.41) is 3.58. The fourth-order valence-corrected chi connectivity index (χ4v) is 2.77. The van der Waals surface area contributed by atoms with Crippen LogP contribution in [-0.4, -0.2) is 16.7 Å². The topological polar surface area (TPSA) is 39.1 Å². The molecule has 4 heteroatoms. The zero-order chi connectivity index (χ0) is 16.8. The van der Waals surface area contributed by atoms with Crippen LogP contribution in [0.5, 0.6) is 5.75 Å². The second-order valence-electron chi connectivity index (χ2n) is 5.89. The minimum atomic E-state index is 0.311. The lowest BCUT2D eigenvalue weighted by atomic mass is 10.1. The minimum absolute atomic E-state index is 0.311. The summed E-state index contributed by atoms with van der Waals surface area (Å²) in [6, 6.07) is 17.1. The van der Waals surface area contributed by atoms with Crippen molar-refractivity contribution in [2.75, 3.05) is 7.11 Å². The first kappa shape index (κ1) is 16.3. The van der Waals surface area contributed by atoms with Crippen LogP contribution in [0.2, 0.25) is 0 Å². The minimum Gasteiger partial charge on any atom is -0.496 e. The van der Waals surface area contributed by atoms with Gasteiger partial charge in [-0.1, -0.05) is 36.4 Å². The van der Waals surface area contributed by atoms with Gasteiger partial charge in [-0.05, 0) is 30.2 Å². The highest BCUT2D eigenvalue weighted by Crippen LogP contribution is 2.21. The van der Waals surface area contributed by atoms with Crippen LogP contribution >= 0.6 is 0 Å². The summed E-state index contributed by atoms with van der Waals surface area (Å²) in [6.45, 7) is 3.76. The summed E-state index contributed by atoms with van der Waals surface area (Å²) >= 11 is 0. The smallest absolute Gasteiger partial charge is 0.123 e. The van der Waals surface area contributed by atoms with E-state index in [1.54, 1.807) is 13.3 Å². The lowest BCUT2D eigenvalue weighted by molar-refractivity contribution is 0.408. The Morgan fingerprint density at radius 2 is 2.00 bits per heavy atom. The summed E-state index contributed by atoms with van der Waals surface area (Å²) in [6.07, 6.45) is 5.57. The molecule has 1 heterocycles. The van der Waals surface area contributed by atoms with Crippen LogP contribution in [0.15, 0.2) is 67.3 Å². The van der Waals surface area contributed by atoms with Gasteiger partial charge in [-0.2, -0.15) is 0 Å². The third-order valence-corrected chi connectivity index (χ3v) is 4.17. The SMILES string of the molecule is COc1ccc(CNC(C)c2ccccc2)cc1Cn1ccnc1. The number of methoxy groups -OCH3 is 1. The maximum Gasteiger partial charge on any atom is 0.123 e. The van der Waals surface area contributed by atoms with E-state index in [-0.39, 0.29) is 0 Å². The van der Waals surface area contributed by atoms with Gasteiger partial charge in [0.1, 0.15) is 5.75 Å². The highest BCUT2D eigenvalue weighted by molar-refractivity contribution is 5.37. The monoisotopic (exact) mass is 321 g/mol. The number of hydrogen-bond acceptors (Lipinski definition) is 3. The van der Waals surface area contributed by atoms with Crippen LogP contribution in [-0.2, 0) is 13.1 Å². The molecule has 0 radical (unpaired) electrons. The standard InChI is InChI=1S/C20H23N3O/c1-16(18-6-4-3-5-7-18)22-13-17-8-9-20(24-2)19(12-17)14-23-11-10-21-15-23/h3-12,15-16,22H,13-14H2,1-2H3. The van der Waals surface area contributed by atoms with Crippen LogP contribution in [0.25, 0.3) is 0 Å². The lowest BCUT2D eigenvalue weighted by Gasteiger charge is -2.16. The van der Waals surface area contributed by atoms with E-state index in [0.29, 0.717) is 6.04 Å². The summed E-state index contributed by atoms with van der Waals surface area (Å²) < 4.78 is 7.53. The van der Waals surface area contributed by atoms with Crippen molar-refractivity contribution in [2.45, 2.75) is 26.1 Å². The molecule has 0 aliphatic rings. The molecule has 0 spiro atoms. The van der Waals surface area contributed by atoms with Gasteiger partial charge >= 0.3 is 0 Å². The second kappa shape index (κ2) is 7.79. The number of rotatable bonds is 7. The average Bonchev–Trinajstić information content (AvgIpc) is 3.13. The van der Waals surface area contributed by atoms with E-state index in [2.05, 4.69) is 53.6 Å². The number of nitrogens with one attached hydrogen (secondary N) is 1. The zero-order valence-electron chi connectivity index (χ0n) is 14.1. The molecule has 3 rings (SSSR count). The molecule has 0 aliphatic heterocycles. The molecular weight excluding hydrogens is 298 g/mol. The molecule has 4 nitrogen and oxygen atoms in total. The van der Waals surface area contributed by atoms with Crippen molar-refractivity contribution in [3.8, 4) is 5.75 Å². The van der Waals surface area contributed by atoms with Gasteiger partial charge in [-0.15, -0.1) is 0 Å². The van der Waals surface area contributed by atoms with E-state index < -0.39 is 0 Å². The van der Waals surface area contributed by atoms with Gasteiger partial charge in [0.2, 0.25) is 0 Å². The molecule has 124 valence electrons. The number of ether oxygens (including phenoxy) is 1. The Kier molecular flexibility index (Phi) is 5.29. The maximum atomic E-state index is 5.49. The third kappa shape index (κ3) is 4.03. The van der Waals surface area contributed by atoms with Crippen molar-refractivity contribution >= 4 is 0 Å². The Morgan fingerprint density at radius 1 is 1.17 bits per heavy atom. The molecular formula is C20H23N3O. The predicted octanol–water partition coefficient (Wildman–Crippen LogP) is 3.79. The van der Waals surface area contributed by atoms with Gasteiger partial charge in [0.05, 0.1) is 20.0 Å². The molecule has 0 fully saturated rings. The van der Waals surface area contributed by atoms with Crippen molar-refractivity contribution in [3.05, 3.63) is 83.9 Å². The van der Waals surface area contributed by atoms with Gasteiger partial charge in [-0.3, -0.25) is 0 Å². The molecule has 1 unspecified atom stereocenters. The van der Waals surface area contributed by atoms with E-state index in [4.69, 9.17) is 4.74 Å². The van der Waals surface area contributed by atoms with Crippen molar-refractivity contribution in [1.82, 2.24) is 14.9 Å². The highest BCUT2D eigenvalue weighted by atomic mass is 16.5. The second-order valence-corrected chi connectivity index (χ2v) is 5.89. The molecule has 0 bridgehead atoms. The molecule has 1 aromatic heterocycles. The Morgan fingerprint density at radius 3 is 2.71 bits per heavy atom. The number of nitrogens with zero attached hydrogens (tertiary/aromatic N) is 2. The average molecular weight is 321 g/mol. The van der Waals surface area contributed by atoms with Crippen LogP contribution in [0.1, 0.15) is 29.7 Å². The van der Waals surface area contributed by atoms with E-state index >= 15 is 0 Å². The highest BCUT2D eigenvalue weighted by Gasteiger charge is 2.08. The van der Waals surface area contributed by atoms with Crippen LogP contribution < -0.4 is 10.1 Å². The number of aromatic nitrogens is 2. The summed E-state index contributed by atoms with van der Waals surface area (Å²) in [7, 11) is 1.71. The Bertz CT molecular complexity index is 754. The number of hydrogen-bond donors (Lipinski definition) is 1. The lowest BCUT2D eigenvalue weighted by Crippen LogP contribution is -2.18. The molecule has 24 heavy (non-hydrogen) atoms. The first-order valence-electron chi connectivity index (χ1n) is 8.16. The first-order valence-corrected chi connectivity index (χ1v) is 8.16. The van der Waals surface area contributed by atoms with E-state index in [1.165, 1.54) is 11.1 Å². The normalized spacial score (nSPS) is 12.1. The van der Waals surface area contributed by atoms with Gasteiger partial charge in [0.15, 0.2) is 0 Å². The Balaban J connectivity index is 1.69. The van der Waals surface area contributed by atoms with E-state index in [9.17, 15) is 0 Å². The fraction of sp³-hybridized carbons (Fsp3) is 0.250. The largest absolute Gasteiger partial charge is 0.496 e. The molecule has 1 N–H and O–H groups in total. The molecule has 0 saturated carbocycles. The van der Waals surface area contributed by atoms with Crippen LogP contribution in [0, 0.1) is 0 Å². The van der Waals surface area contributed by atoms with Gasteiger partial charge < -0.3 is 14.6 Å². The first-order chi connectivity index (χ1) is 11.8. The molecule has 3 aromatic rings. The third-order valence-electron chi connectivity index (χ3n) is 4.17. The Hall–Kier alpha value is -2.59.